The van der Waals surface area contributed by atoms with E-state index in [-0.39, 0.29) is 46.7 Å². The van der Waals surface area contributed by atoms with Crippen LogP contribution in [0, 0.1) is 16.7 Å². The Labute approximate surface area is 118 Å². The van der Waals surface area contributed by atoms with Crippen LogP contribution in [0.4, 0.5) is 0 Å². The summed E-state index contributed by atoms with van der Waals surface area (Å²) in [6.45, 7) is 3.83. The van der Waals surface area contributed by atoms with Gasteiger partial charge in [-0.25, -0.2) is 8.42 Å². The van der Waals surface area contributed by atoms with Crippen LogP contribution in [0.1, 0.15) is 33.1 Å². The summed E-state index contributed by atoms with van der Waals surface area (Å²) in [5.74, 6) is -0.280. The van der Waals surface area contributed by atoms with Crippen molar-refractivity contribution in [2.75, 3.05) is 5.75 Å². The largest absolute Gasteiger partial charge is 1.00 e. The van der Waals surface area contributed by atoms with E-state index >= 15 is 0 Å². The SMILES string of the molecule is CC1(C)[C@H]2CC[C@@]1(CS(=O)(=O)[O-])C(=O)C2.[Na+]. The molecular weight excluding hydrogens is 239 g/mol. The van der Waals surface area contributed by atoms with Crippen LogP contribution in [-0.2, 0) is 14.9 Å². The van der Waals surface area contributed by atoms with Crippen molar-refractivity contribution in [3.05, 3.63) is 0 Å². The van der Waals surface area contributed by atoms with Gasteiger partial charge in [0, 0.05) is 11.8 Å². The Bertz CT molecular complexity index is 415. The van der Waals surface area contributed by atoms with Crippen LogP contribution in [0.15, 0.2) is 0 Å². The molecule has 0 amide bonds. The van der Waals surface area contributed by atoms with E-state index in [9.17, 15) is 17.8 Å². The Morgan fingerprint density at radius 2 is 2.00 bits per heavy atom. The number of hydrogen-bond acceptors (Lipinski definition) is 4. The summed E-state index contributed by atoms with van der Waals surface area (Å²) >= 11 is 0. The Morgan fingerprint density at radius 3 is 2.31 bits per heavy atom. The minimum absolute atomic E-state index is 0. The van der Waals surface area contributed by atoms with E-state index in [0.29, 0.717) is 12.8 Å². The first kappa shape index (κ1) is 14.6. The second-order valence-corrected chi connectivity index (χ2v) is 6.77. The summed E-state index contributed by atoms with van der Waals surface area (Å²) in [5, 5.41) is 0. The van der Waals surface area contributed by atoms with Gasteiger partial charge in [0.2, 0.25) is 0 Å². The van der Waals surface area contributed by atoms with E-state index in [1.807, 2.05) is 13.8 Å². The number of hydrogen-bond donors (Lipinski definition) is 0. The van der Waals surface area contributed by atoms with E-state index in [1.54, 1.807) is 0 Å². The Balaban J connectivity index is 0.00000128. The van der Waals surface area contributed by atoms with Crippen molar-refractivity contribution in [2.45, 2.75) is 33.1 Å². The summed E-state index contributed by atoms with van der Waals surface area (Å²) in [6, 6.07) is 0. The van der Waals surface area contributed by atoms with Crippen molar-refractivity contribution in [3.63, 3.8) is 0 Å². The molecule has 0 unspecified atom stereocenters. The molecule has 0 aliphatic heterocycles. The van der Waals surface area contributed by atoms with Gasteiger partial charge in [0.1, 0.15) is 5.78 Å². The fourth-order valence-corrected chi connectivity index (χ4v) is 4.69. The smallest absolute Gasteiger partial charge is 0.748 e. The molecule has 2 fully saturated rings. The zero-order valence-electron chi connectivity index (χ0n) is 9.95. The average molecular weight is 254 g/mol. The molecule has 0 aromatic carbocycles. The fourth-order valence-electron chi connectivity index (χ4n) is 3.41. The molecule has 2 saturated carbocycles. The van der Waals surface area contributed by atoms with Gasteiger partial charge in [-0.15, -0.1) is 0 Å². The fraction of sp³-hybridized carbons (Fsp3) is 0.900. The summed E-state index contributed by atoms with van der Waals surface area (Å²) in [5.41, 5.74) is -1.22. The van der Waals surface area contributed by atoms with Gasteiger partial charge < -0.3 is 4.55 Å². The van der Waals surface area contributed by atoms with Crippen molar-refractivity contribution < 1.29 is 47.3 Å². The Kier molecular flexibility index (Phi) is 3.71. The number of carbonyl (C=O) groups is 1. The molecule has 0 aromatic rings. The van der Waals surface area contributed by atoms with Gasteiger partial charge in [-0.1, -0.05) is 13.8 Å². The van der Waals surface area contributed by atoms with Crippen LogP contribution >= 0.6 is 0 Å². The molecule has 0 aromatic heterocycles. The van der Waals surface area contributed by atoms with Crippen LogP contribution in [0.3, 0.4) is 0 Å². The number of fused-ring (bicyclic) bond motifs is 2. The van der Waals surface area contributed by atoms with Crippen molar-refractivity contribution in [2.24, 2.45) is 16.7 Å². The molecule has 16 heavy (non-hydrogen) atoms. The van der Waals surface area contributed by atoms with Crippen LogP contribution < -0.4 is 29.6 Å². The van der Waals surface area contributed by atoms with Gasteiger partial charge >= 0.3 is 29.6 Å². The van der Waals surface area contributed by atoms with Crippen molar-refractivity contribution in [1.29, 1.82) is 0 Å². The number of Topliss-reactive ketones (excluding diaryl/α,β-unsaturated/α-hetero) is 1. The third kappa shape index (κ3) is 1.90. The minimum atomic E-state index is -4.33. The maximum Gasteiger partial charge on any atom is 1.00 e. The zero-order chi connectivity index (χ0) is 11.5. The number of carbonyl (C=O) groups excluding carboxylic acids is 1. The first-order chi connectivity index (χ1) is 6.69. The third-order valence-electron chi connectivity index (χ3n) is 4.56. The van der Waals surface area contributed by atoms with Gasteiger partial charge in [-0.3, -0.25) is 4.79 Å². The van der Waals surface area contributed by atoms with Crippen LogP contribution in [0.25, 0.3) is 0 Å². The van der Waals surface area contributed by atoms with Crippen molar-refractivity contribution >= 4 is 15.9 Å². The molecule has 2 atom stereocenters. The predicted octanol–water partition coefficient (Wildman–Crippen LogP) is -2.07. The molecule has 2 rings (SSSR count). The van der Waals surface area contributed by atoms with Gasteiger partial charge in [0.15, 0.2) is 0 Å². The maximum atomic E-state index is 11.8. The quantitative estimate of drug-likeness (QED) is 0.419. The molecule has 0 radical (unpaired) electrons. The molecule has 2 aliphatic rings. The molecule has 2 bridgehead atoms. The minimum Gasteiger partial charge on any atom is -0.748 e. The normalized spacial score (nSPS) is 36.2. The topological polar surface area (TPSA) is 74.3 Å². The first-order valence-corrected chi connectivity index (χ1v) is 6.74. The van der Waals surface area contributed by atoms with E-state index in [4.69, 9.17) is 0 Å². The van der Waals surface area contributed by atoms with Crippen molar-refractivity contribution in [1.82, 2.24) is 0 Å². The first-order valence-electron chi connectivity index (χ1n) is 5.16. The summed E-state index contributed by atoms with van der Waals surface area (Å²) in [6.07, 6.45) is 1.88. The molecule has 4 nitrogen and oxygen atoms in total. The zero-order valence-corrected chi connectivity index (χ0v) is 12.8. The maximum absolute atomic E-state index is 11.8. The second kappa shape index (κ2) is 4.05. The van der Waals surface area contributed by atoms with Crippen LogP contribution in [-0.4, -0.2) is 24.5 Å². The van der Waals surface area contributed by atoms with Crippen LogP contribution in [0.5, 0.6) is 0 Å². The van der Waals surface area contributed by atoms with Gasteiger partial charge in [-0.2, -0.15) is 0 Å². The third-order valence-corrected chi connectivity index (χ3v) is 5.41. The molecule has 0 N–H and O–H groups in total. The summed E-state index contributed by atoms with van der Waals surface area (Å²) in [7, 11) is -4.33. The van der Waals surface area contributed by atoms with Gasteiger partial charge in [0.25, 0.3) is 0 Å². The second-order valence-electron chi connectivity index (χ2n) is 5.37. The van der Waals surface area contributed by atoms with E-state index in [2.05, 4.69) is 0 Å². The van der Waals surface area contributed by atoms with Crippen LogP contribution in [0.2, 0.25) is 0 Å². The average Bonchev–Trinajstić information content (AvgIpc) is 2.34. The standard InChI is InChI=1S/C10H16O4S.Na/c1-9(2)7-3-4-10(9,8(11)5-7)6-15(12,13)14;/h7H,3-6H2,1-2H3,(H,12,13,14);/q;+1/p-1/t7-,10+;/m0./s1. The monoisotopic (exact) mass is 254 g/mol. The molecule has 2 aliphatic carbocycles. The molecule has 0 saturated heterocycles. The molecular formula is C10H15NaO4S. The Hall–Kier alpha value is 0.580. The van der Waals surface area contributed by atoms with E-state index in [1.165, 1.54) is 0 Å². The van der Waals surface area contributed by atoms with E-state index in [0.717, 1.165) is 6.42 Å². The number of rotatable bonds is 2. The number of ketones is 1. The van der Waals surface area contributed by atoms with E-state index < -0.39 is 21.3 Å². The molecule has 86 valence electrons. The molecule has 6 heteroatoms. The molecule has 0 heterocycles. The summed E-state index contributed by atoms with van der Waals surface area (Å²) in [4.78, 5) is 11.8. The van der Waals surface area contributed by atoms with Gasteiger partial charge in [0.05, 0.1) is 15.9 Å². The molecule has 0 spiro atoms. The summed E-state index contributed by atoms with van der Waals surface area (Å²) < 4.78 is 32.7. The van der Waals surface area contributed by atoms with Gasteiger partial charge in [-0.05, 0) is 24.2 Å². The predicted molar refractivity (Wildman–Crippen MR) is 53.1 cm³/mol. The Morgan fingerprint density at radius 1 is 1.44 bits per heavy atom. The van der Waals surface area contributed by atoms with Crippen molar-refractivity contribution in [3.8, 4) is 0 Å².